The second-order valence-corrected chi connectivity index (χ2v) is 2.50. The molecule has 0 atom stereocenters. The van der Waals surface area contributed by atoms with Crippen LogP contribution >= 0.6 is 0 Å². The summed E-state index contributed by atoms with van der Waals surface area (Å²) in [5, 5.41) is 8.32. The van der Waals surface area contributed by atoms with Crippen LogP contribution in [0.1, 0.15) is 0 Å². The van der Waals surface area contributed by atoms with E-state index in [9.17, 15) is 4.79 Å². The molecule has 0 aliphatic rings. The van der Waals surface area contributed by atoms with Gasteiger partial charge in [-0.05, 0) is 12.1 Å². The first-order valence-electron chi connectivity index (χ1n) is 3.60. The standard InChI is InChI=1S/C8H9BO3/c9-6-2-1-3-7(4-6)12-5-8(10)11/h1-4H,5,9H2,(H,10,11). The van der Waals surface area contributed by atoms with E-state index in [4.69, 9.17) is 9.84 Å². The summed E-state index contributed by atoms with van der Waals surface area (Å²) in [4.78, 5) is 10.1. The molecule has 1 rings (SSSR count). The zero-order valence-electron chi connectivity index (χ0n) is 6.78. The van der Waals surface area contributed by atoms with Gasteiger partial charge in [-0.2, -0.15) is 0 Å². The molecule has 0 bridgehead atoms. The molecule has 0 amide bonds. The smallest absolute Gasteiger partial charge is 0.341 e. The summed E-state index contributed by atoms with van der Waals surface area (Å²) in [7, 11) is 1.92. The van der Waals surface area contributed by atoms with Crippen molar-refractivity contribution in [2.24, 2.45) is 0 Å². The Balaban J connectivity index is 2.57. The maximum atomic E-state index is 10.1. The van der Waals surface area contributed by atoms with Gasteiger partial charge in [0.1, 0.15) is 13.6 Å². The third-order valence-corrected chi connectivity index (χ3v) is 1.35. The molecule has 0 fully saturated rings. The van der Waals surface area contributed by atoms with Gasteiger partial charge < -0.3 is 9.84 Å². The number of hydrogen-bond acceptors (Lipinski definition) is 2. The van der Waals surface area contributed by atoms with Crippen LogP contribution in [0.5, 0.6) is 5.75 Å². The molecule has 0 saturated carbocycles. The highest BCUT2D eigenvalue weighted by atomic mass is 16.5. The number of aliphatic carboxylic acids is 1. The molecule has 3 nitrogen and oxygen atoms in total. The Kier molecular flexibility index (Phi) is 2.74. The minimum absolute atomic E-state index is 0.288. The van der Waals surface area contributed by atoms with Crippen molar-refractivity contribution in [1.29, 1.82) is 0 Å². The summed E-state index contributed by atoms with van der Waals surface area (Å²) < 4.78 is 4.95. The lowest BCUT2D eigenvalue weighted by atomic mass is 9.96. The predicted octanol–water partition coefficient (Wildman–Crippen LogP) is -0.592. The number of carbonyl (C=O) groups is 1. The fourth-order valence-corrected chi connectivity index (χ4v) is 0.850. The molecule has 0 aliphatic carbocycles. The maximum Gasteiger partial charge on any atom is 0.341 e. The van der Waals surface area contributed by atoms with E-state index in [2.05, 4.69) is 0 Å². The molecule has 62 valence electrons. The Morgan fingerprint density at radius 2 is 2.33 bits per heavy atom. The monoisotopic (exact) mass is 164 g/mol. The molecule has 4 heteroatoms. The fourth-order valence-electron chi connectivity index (χ4n) is 0.850. The highest BCUT2D eigenvalue weighted by Gasteiger charge is 1.97. The van der Waals surface area contributed by atoms with Crippen LogP contribution in [0.2, 0.25) is 0 Å². The Hall–Kier alpha value is -1.45. The van der Waals surface area contributed by atoms with Gasteiger partial charge in [0, 0.05) is 0 Å². The van der Waals surface area contributed by atoms with Gasteiger partial charge in [-0.3, -0.25) is 0 Å². The van der Waals surface area contributed by atoms with E-state index in [1.54, 1.807) is 12.1 Å². The topological polar surface area (TPSA) is 46.5 Å². The van der Waals surface area contributed by atoms with Crippen LogP contribution in [0.3, 0.4) is 0 Å². The van der Waals surface area contributed by atoms with Crippen molar-refractivity contribution in [3.05, 3.63) is 24.3 Å². The van der Waals surface area contributed by atoms with Crippen molar-refractivity contribution >= 4 is 19.3 Å². The molecule has 0 saturated heterocycles. The average molecular weight is 164 g/mol. The number of rotatable bonds is 3. The molecule has 12 heavy (non-hydrogen) atoms. The summed E-state index contributed by atoms with van der Waals surface area (Å²) in [6, 6.07) is 7.28. The first kappa shape index (κ1) is 8.65. The summed E-state index contributed by atoms with van der Waals surface area (Å²) in [5.41, 5.74) is 1.05. The number of carboxylic acid groups (broad SMARTS) is 1. The van der Waals surface area contributed by atoms with Crippen LogP contribution in [0.4, 0.5) is 0 Å². The SMILES string of the molecule is Bc1cccc(OCC(=O)O)c1. The second kappa shape index (κ2) is 3.81. The molecule has 0 unspecified atom stereocenters. The second-order valence-electron chi connectivity index (χ2n) is 2.50. The zero-order valence-corrected chi connectivity index (χ0v) is 6.78. The minimum atomic E-state index is -0.962. The molecular formula is C8H9BO3. The number of benzene rings is 1. The van der Waals surface area contributed by atoms with E-state index in [-0.39, 0.29) is 6.61 Å². The maximum absolute atomic E-state index is 10.1. The molecule has 0 radical (unpaired) electrons. The van der Waals surface area contributed by atoms with Crippen molar-refractivity contribution < 1.29 is 14.6 Å². The number of carboxylic acids is 1. The normalized spacial score (nSPS) is 9.33. The summed E-state index contributed by atoms with van der Waals surface area (Å²) in [6.07, 6.45) is 0. The third kappa shape index (κ3) is 2.66. The van der Waals surface area contributed by atoms with Crippen LogP contribution in [0.25, 0.3) is 0 Å². The molecule has 1 aromatic rings. The molecule has 0 heterocycles. The van der Waals surface area contributed by atoms with Gasteiger partial charge in [0.05, 0.1) is 0 Å². The highest BCUT2D eigenvalue weighted by Crippen LogP contribution is 2.05. The van der Waals surface area contributed by atoms with E-state index in [1.165, 1.54) is 0 Å². The largest absolute Gasteiger partial charge is 0.482 e. The molecule has 0 aromatic heterocycles. The van der Waals surface area contributed by atoms with Crippen molar-refractivity contribution in [1.82, 2.24) is 0 Å². The molecular weight excluding hydrogens is 155 g/mol. The summed E-state index contributed by atoms with van der Waals surface area (Å²) in [6.45, 7) is -0.288. The van der Waals surface area contributed by atoms with Gasteiger partial charge in [0.15, 0.2) is 6.61 Å². The van der Waals surface area contributed by atoms with Crippen LogP contribution in [0.15, 0.2) is 24.3 Å². The summed E-state index contributed by atoms with van der Waals surface area (Å²) in [5.74, 6) is -0.367. The van der Waals surface area contributed by atoms with Crippen LogP contribution in [0, 0.1) is 0 Å². The lowest BCUT2D eigenvalue weighted by Crippen LogP contribution is -2.10. The average Bonchev–Trinajstić information content (AvgIpc) is 2.01. The number of hydrogen-bond donors (Lipinski definition) is 1. The molecule has 1 N–H and O–H groups in total. The Morgan fingerprint density at radius 1 is 1.58 bits per heavy atom. The van der Waals surface area contributed by atoms with Crippen LogP contribution in [-0.2, 0) is 4.79 Å². The van der Waals surface area contributed by atoms with Crippen molar-refractivity contribution in [2.75, 3.05) is 6.61 Å². The fraction of sp³-hybridized carbons (Fsp3) is 0.125. The van der Waals surface area contributed by atoms with Gasteiger partial charge >= 0.3 is 5.97 Å². The van der Waals surface area contributed by atoms with Crippen molar-refractivity contribution in [3.8, 4) is 5.75 Å². The predicted molar refractivity (Wildman–Crippen MR) is 47.8 cm³/mol. The van der Waals surface area contributed by atoms with Gasteiger partial charge in [0.25, 0.3) is 0 Å². The van der Waals surface area contributed by atoms with E-state index in [0.717, 1.165) is 5.46 Å². The van der Waals surface area contributed by atoms with Crippen LogP contribution in [-0.4, -0.2) is 25.5 Å². The molecule has 0 spiro atoms. The number of ether oxygens (including phenoxy) is 1. The van der Waals surface area contributed by atoms with E-state index in [0.29, 0.717) is 5.75 Å². The lowest BCUT2D eigenvalue weighted by Gasteiger charge is -2.02. The Labute approximate surface area is 71.4 Å². The minimum Gasteiger partial charge on any atom is -0.482 e. The van der Waals surface area contributed by atoms with Crippen molar-refractivity contribution in [3.63, 3.8) is 0 Å². The Bertz CT molecular complexity index is 285. The van der Waals surface area contributed by atoms with Crippen LogP contribution < -0.4 is 10.2 Å². The first-order valence-corrected chi connectivity index (χ1v) is 3.60. The van der Waals surface area contributed by atoms with E-state index >= 15 is 0 Å². The van der Waals surface area contributed by atoms with E-state index in [1.807, 2.05) is 20.0 Å². The van der Waals surface area contributed by atoms with Crippen molar-refractivity contribution in [2.45, 2.75) is 0 Å². The van der Waals surface area contributed by atoms with Gasteiger partial charge in [-0.1, -0.05) is 17.6 Å². The Morgan fingerprint density at radius 3 is 2.92 bits per heavy atom. The lowest BCUT2D eigenvalue weighted by molar-refractivity contribution is -0.139. The molecule has 1 aromatic carbocycles. The van der Waals surface area contributed by atoms with Gasteiger partial charge in [-0.25, -0.2) is 4.79 Å². The van der Waals surface area contributed by atoms with Gasteiger partial charge in [0.2, 0.25) is 0 Å². The summed E-state index contributed by atoms with van der Waals surface area (Å²) >= 11 is 0. The highest BCUT2D eigenvalue weighted by molar-refractivity contribution is 6.32. The first-order chi connectivity index (χ1) is 5.68. The quantitative estimate of drug-likeness (QED) is 0.607. The zero-order chi connectivity index (χ0) is 8.97. The van der Waals surface area contributed by atoms with E-state index < -0.39 is 5.97 Å². The van der Waals surface area contributed by atoms with Gasteiger partial charge in [-0.15, -0.1) is 0 Å². The molecule has 0 aliphatic heterocycles. The third-order valence-electron chi connectivity index (χ3n) is 1.35.